The lowest BCUT2D eigenvalue weighted by atomic mass is 10.1. The maximum Gasteiger partial charge on any atom is 0.262 e. The number of aryl methyl sites for hydroxylation is 2. The van der Waals surface area contributed by atoms with E-state index in [1.807, 2.05) is 26.0 Å². The number of hydrogen-bond donors (Lipinski definition) is 1. The zero-order chi connectivity index (χ0) is 18.6. The molecule has 5 nitrogen and oxygen atoms in total. The van der Waals surface area contributed by atoms with Gasteiger partial charge in [-0.15, -0.1) is 0 Å². The molecule has 0 bridgehead atoms. The van der Waals surface area contributed by atoms with Crippen LogP contribution in [0.3, 0.4) is 0 Å². The Bertz CT molecular complexity index is 765. The molecule has 0 aromatic heterocycles. The number of anilines is 2. The average molecular weight is 405 g/mol. The number of ether oxygens (including phenoxy) is 1. The molecule has 2 aromatic carbocycles. The molecule has 1 N–H and O–H groups in total. The second kappa shape index (κ2) is 8.16. The van der Waals surface area contributed by atoms with Crippen LogP contribution in [0.1, 0.15) is 18.1 Å². The van der Waals surface area contributed by atoms with Crippen molar-refractivity contribution < 1.29 is 14.3 Å². The van der Waals surface area contributed by atoms with Crippen LogP contribution in [-0.4, -0.2) is 25.5 Å². The molecule has 6 heteroatoms. The molecule has 0 aliphatic carbocycles. The van der Waals surface area contributed by atoms with Crippen LogP contribution in [0.15, 0.2) is 40.9 Å². The Morgan fingerprint density at radius 2 is 1.68 bits per heavy atom. The smallest absolute Gasteiger partial charge is 0.262 e. The van der Waals surface area contributed by atoms with E-state index in [1.54, 1.807) is 31.3 Å². The monoisotopic (exact) mass is 404 g/mol. The Labute approximate surface area is 156 Å². The first-order valence-corrected chi connectivity index (χ1v) is 8.61. The number of nitrogens with one attached hydrogen (secondary N) is 1. The maximum absolute atomic E-state index is 12.1. The number of amides is 2. The molecule has 0 fully saturated rings. The summed E-state index contributed by atoms with van der Waals surface area (Å²) in [7, 11) is 1.70. The largest absolute Gasteiger partial charge is 0.483 e. The van der Waals surface area contributed by atoms with Crippen LogP contribution >= 0.6 is 15.9 Å². The normalized spacial score (nSPS) is 10.3. The summed E-state index contributed by atoms with van der Waals surface area (Å²) < 4.78 is 6.65. The predicted octanol–water partition coefficient (Wildman–Crippen LogP) is 4.07. The molecule has 25 heavy (non-hydrogen) atoms. The first kappa shape index (κ1) is 19.0. The molecule has 0 atom stereocenters. The van der Waals surface area contributed by atoms with Crippen LogP contribution in [0.5, 0.6) is 5.75 Å². The van der Waals surface area contributed by atoms with E-state index in [4.69, 9.17) is 4.74 Å². The fourth-order valence-electron chi connectivity index (χ4n) is 2.41. The van der Waals surface area contributed by atoms with Crippen molar-refractivity contribution in [2.45, 2.75) is 20.8 Å². The van der Waals surface area contributed by atoms with Gasteiger partial charge in [-0.25, -0.2) is 0 Å². The van der Waals surface area contributed by atoms with Crippen molar-refractivity contribution in [3.05, 3.63) is 52.0 Å². The first-order chi connectivity index (χ1) is 11.8. The zero-order valence-corrected chi connectivity index (χ0v) is 16.3. The van der Waals surface area contributed by atoms with E-state index in [2.05, 4.69) is 21.2 Å². The highest BCUT2D eigenvalue weighted by atomic mass is 79.9. The summed E-state index contributed by atoms with van der Waals surface area (Å²) in [5.74, 6) is 0.427. The third-order valence-electron chi connectivity index (χ3n) is 3.78. The third-order valence-corrected chi connectivity index (χ3v) is 4.24. The van der Waals surface area contributed by atoms with Gasteiger partial charge in [0.2, 0.25) is 5.91 Å². The number of carbonyl (C=O) groups is 2. The van der Waals surface area contributed by atoms with Crippen molar-refractivity contribution in [1.82, 2.24) is 0 Å². The molecule has 0 aliphatic heterocycles. The van der Waals surface area contributed by atoms with Crippen molar-refractivity contribution in [3.63, 3.8) is 0 Å². The molecule has 2 aromatic rings. The van der Waals surface area contributed by atoms with E-state index in [0.29, 0.717) is 5.69 Å². The Morgan fingerprint density at radius 3 is 2.20 bits per heavy atom. The van der Waals surface area contributed by atoms with E-state index in [1.165, 1.54) is 11.8 Å². The van der Waals surface area contributed by atoms with Gasteiger partial charge in [0.05, 0.1) is 0 Å². The van der Waals surface area contributed by atoms with Crippen molar-refractivity contribution in [3.8, 4) is 5.75 Å². The van der Waals surface area contributed by atoms with Crippen LogP contribution in [0.2, 0.25) is 0 Å². The van der Waals surface area contributed by atoms with E-state index < -0.39 is 0 Å². The lowest BCUT2D eigenvalue weighted by Crippen LogP contribution is -2.23. The minimum Gasteiger partial charge on any atom is -0.483 e. The standard InChI is InChI=1S/C19H21BrN2O3/c1-12-9-15(20)10-13(2)19(12)25-11-18(24)21-16-5-7-17(8-6-16)22(4)14(3)23/h5-10H,11H2,1-4H3,(H,21,24). The van der Waals surface area contributed by atoms with Crippen LogP contribution in [-0.2, 0) is 9.59 Å². The second-order valence-electron chi connectivity index (χ2n) is 5.83. The Kier molecular flexibility index (Phi) is 6.20. The summed E-state index contributed by atoms with van der Waals surface area (Å²) in [6.07, 6.45) is 0. The number of nitrogens with zero attached hydrogens (tertiary/aromatic N) is 1. The number of rotatable bonds is 5. The quantitative estimate of drug-likeness (QED) is 0.816. The van der Waals surface area contributed by atoms with Gasteiger partial charge in [-0.2, -0.15) is 0 Å². The number of benzene rings is 2. The average Bonchev–Trinajstić information content (AvgIpc) is 2.53. The summed E-state index contributed by atoms with van der Waals surface area (Å²) in [6.45, 7) is 5.31. The summed E-state index contributed by atoms with van der Waals surface area (Å²) in [5.41, 5.74) is 3.36. The van der Waals surface area contributed by atoms with Crippen LogP contribution in [0, 0.1) is 13.8 Å². The van der Waals surface area contributed by atoms with Gasteiger partial charge >= 0.3 is 0 Å². The Morgan fingerprint density at radius 1 is 1.12 bits per heavy atom. The Balaban J connectivity index is 1.96. The highest BCUT2D eigenvalue weighted by Crippen LogP contribution is 2.27. The molecule has 0 unspecified atom stereocenters. The highest BCUT2D eigenvalue weighted by Gasteiger charge is 2.10. The van der Waals surface area contributed by atoms with Crippen LogP contribution < -0.4 is 15.0 Å². The summed E-state index contributed by atoms with van der Waals surface area (Å²) >= 11 is 3.44. The van der Waals surface area contributed by atoms with Gasteiger partial charge in [-0.05, 0) is 61.4 Å². The van der Waals surface area contributed by atoms with Crippen molar-refractivity contribution in [1.29, 1.82) is 0 Å². The lowest BCUT2D eigenvalue weighted by molar-refractivity contribution is -0.118. The van der Waals surface area contributed by atoms with E-state index >= 15 is 0 Å². The van der Waals surface area contributed by atoms with Crippen molar-refractivity contribution >= 4 is 39.1 Å². The fraction of sp³-hybridized carbons (Fsp3) is 0.263. The topological polar surface area (TPSA) is 58.6 Å². The third kappa shape index (κ3) is 5.06. The van der Waals surface area contributed by atoms with Gasteiger partial charge in [0, 0.05) is 29.8 Å². The highest BCUT2D eigenvalue weighted by molar-refractivity contribution is 9.10. The molecule has 0 spiro atoms. The van der Waals surface area contributed by atoms with Crippen molar-refractivity contribution in [2.75, 3.05) is 23.9 Å². The molecule has 2 amide bonds. The van der Waals surface area contributed by atoms with Gasteiger partial charge in [-0.3, -0.25) is 9.59 Å². The van der Waals surface area contributed by atoms with E-state index in [-0.39, 0.29) is 18.4 Å². The number of halogens is 1. The van der Waals surface area contributed by atoms with Crippen LogP contribution in [0.4, 0.5) is 11.4 Å². The molecule has 0 heterocycles. The predicted molar refractivity (Wildman–Crippen MR) is 103 cm³/mol. The molecular formula is C19H21BrN2O3. The second-order valence-corrected chi connectivity index (χ2v) is 6.75. The fourth-order valence-corrected chi connectivity index (χ4v) is 3.10. The maximum atomic E-state index is 12.1. The summed E-state index contributed by atoms with van der Waals surface area (Å²) in [6, 6.07) is 11.0. The molecule has 132 valence electrons. The number of hydrogen-bond acceptors (Lipinski definition) is 3. The zero-order valence-electron chi connectivity index (χ0n) is 14.7. The van der Waals surface area contributed by atoms with Gasteiger partial charge in [-0.1, -0.05) is 15.9 Å². The van der Waals surface area contributed by atoms with Gasteiger partial charge in [0.1, 0.15) is 5.75 Å². The number of carbonyl (C=O) groups excluding carboxylic acids is 2. The first-order valence-electron chi connectivity index (χ1n) is 7.81. The SMILES string of the molecule is CC(=O)N(C)c1ccc(NC(=O)COc2c(C)cc(Br)cc2C)cc1. The minimum atomic E-state index is -0.241. The summed E-state index contributed by atoms with van der Waals surface area (Å²) in [5, 5.41) is 2.78. The molecule has 0 aliphatic rings. The lowest BCUT2D eigenvalue weighted by Gasteiger charge is -2.15. The molecule has 2 rings (SSSR count). The molecule has 0 saturated heterocycles. The van der Waals surface area contributed by atoms with E-state index in [9.17, 15) is 9.59 Å². The molecule has 0 saturated carbocycles. The summed E-state index contributed by atoms with van der Waals surface area (Å²) in [4.78, 5) is 25.0. The minimum absolute atomic E-state index is 0.0505. The van der Waals surface area contributed by atoms with Crippen molar-refractivity contribution in [2.24, 2.45) is 0 Å². The Hall–Kier alpha value is -2.34. The molecular weight excluding hydrogens is 384 g/mol. The van der Waals surface area contributed by atoms with E-state index in [0.717, 1.165) is 27.0 Å². The van der Waals surface area contributed by atoms with Crippen LogP contribution in [0.25, 0.3) is 0 Å². The van der Waals surface area contributed by atoms with Gasteiger partial charge in [0.15, 0.2) is 6.61 Å². The van der Waals surface area contributed by atoms with Gasteiger partial charge < -0.3 is 15.0 Å². The molecule has 0 radical (unpaired) electrons. The van der Waals surface area contributed by atoms with Gasteiger partial charge in [0.25, 0.3) is 5.91 Å².